The van der Waals surface area contributed by atoms with Gasteiger partial charge >= 0.3 is 0 Å². The average Bonchev–Trinajstić information content (AvgIpc) is 2.75. The summed E-state index contributed by atoms with van der Waals surface area (Å²) in [7, 11) is 0. The Bertz CT molecular complexity index is 370. The Morgan fingerprint density at radius 1 is 1.30 bits per heavy atom. The normalized spacial score (nSPS) is 26.7. The third-order valence-electron chi connectivity index (χ3n) is 4.61. The molecule has 1 saturated heterocycles. The van der Waals surface area contributed by atoms with Gasteiger partial charge in [0.1, 0.15) is 5.54 Å². The Balaban J connectivity index is 1.90. The number of hydrogen-bond donors (Lipinski definition) is 2. The molecule has 1 amide bonds. The van der Waals surface area contributed by atoms with Crippen molar-refractivity contribution in [3.8, 4) is 6.07 Å². The highest BCUT2D eigenvalue weighted by atomic mass is 16.3. The highest BCUT2D eigenvalue weighted by Gasteiger charge is 2.34. The van der Waals surface area contributed by atoms with Crippen molar-refractivity contribution in [1.29, 1.82) is 5.26 Å². The molecule has 0 aromatic carbocycles. The van der Waals surface area contributed by atoms with Crippen molar-refractivity contribution in [3.05, 3.63) is 0 Å². The van der Waals surface area contributed by atoms with Gasteiger partial charge < -0.3 is 10.4 Å². The van der Waals surface area contributed by atoms with Gasteiger partial charge in [-0.05, 0) is 32.2 Å². The predicted molar refractivity (Wildman–Crippen MR) is 75.9 cm³/mol. The van der Waals surface area contributed by atoms with E-state index in [0.29, 0.717) is 6.54 Å². The number of nitrogens with one attached hydrogen (secondary N) is 1. The summed E-state index contributed by atoms with van der Waals surface area (Å²) in [5.74, 6) is -0.0752. The minimum absolute atomic E-state index is 0.0752. The maximum absolute atomic E-state index is 12.2. The highest BCUT2D eigenvalue weighted by Crippen LogP contribution is 2.26. The van der Waals surface area contributed by atoms with Crippen LogP contribution in [0.25, 0.3) is 0 Å². The van der Waals surface area contributed by atoms with Crippen molar-refractivity contribution in [3.63, 3.8) is 0 Å². The molecule has 20 heavy (non-hydrogen) atoms. The summed E-state index contributed by atoms with van der Waals surface area (Å²) in [5.41, 5.74) is -0.665. The molecule has 112 valence electrons. The molecule has 0 bridgehead atoms. The van der Waals surface area contributed by atoms with Crippen LogP contribution in [0.2, 0.25) is 0 Å². The number of carbonyl (C=O) groups is 1. The molecule has 1 saturated carbocycles. The van der Waals surface area contributed by atoms with Crippen LogP contribution in [-0.4, -0.2) is 47.2 Å². The van der Waals surface area contributed by atoms with E-state index in [1.54, 1.807) is 0 Å². The lowest BCUT2D eigenvalue weighted by Gasteiger charge is -2.28. The smallest absolute Gasteiger partial charge is 0.235 e. The summed E-state index contributed by atoms with van der Waals surface area (Å²) < 4.78 is 0. The predicted octanol–water partition coefficient (Wildman–Crippen LogP) is 1.18. The van der Waals surface area contributed by atoms with Gasteiger partial charge in [-0.3, -0.25) is 9.69 Å². The Hall–Kier alpha value is -1.12. The average molecular weight is 279 g/mol. The molecule has 1 heterocycles. The zero-order valence-electron chi connectivity index (χ0n) is 12.1. The van der Waals surface area contributed by atoms with Crippen LogP contribution in [-0.2, 0) is 4.79 Å². The van der Waals surface area contributed by atoms with E-state index >= 15 is 0 Å². The summed E-state index contributed by atoms with van der Waals surface area (Å²) in [6.45, 7) is 1.27. The monoisotopic (exact) mass is 279 g/mol. The first kappa shape index (κ1) is 15.3. The summed E-state index contributed by atoms with van der Waals surface area (Å²) in [6.07, 6.45) is 7.83. The minimum atomic E-state index is -0.665. The zero-order chi connectivity index (χ0) is 14.4. The first-order valence-electron chi connectivity index (χ1n) is 7.76. The maximum atomic E-state index is 12.2. The van der Waals surface area contributed by atoms with Crippen molar-refractivity contribution in [2.75, 3.05) is 19.7 Å². The van der Waals surface area contributed by atoms with Crippen LogP contribution in [0.15, 0.2) is 0 Å². The van der Waals surface area contributed by atoms with E-state index in [1.807, 2.05) is 4.90 Å². The van der Waals surface area contributed by atoms with Gasteiger partial charge in [0.25, 0.3) is 0 Å². The number of nitrogens with zero attached hydrogens (tertiary/aromatic N) is 2. The number of likely N-dealkylation sites (tertiary alicyclic amines) is 1. The Kier molecular flexibility index (Phi) is 5.38. The van der Waals surface area contributed by atoms with Gasteiger partial charge in [0.15, 0.2) is 0 Å². The fourth-order valence-corrected chi connectivity index (χ4v) is 3.40. The summed E-state index contributed by atoms with van der Waals surface area (Å²) >= 11 is 0. The zero-order valence-corrected chi connectivity index (χ0v) is 12.1. The van der Waals surface area contributed by atoms with Crippen LogP contribution >= 0.6 is 0 Å². The molecule has 0 spiro atoms. The van der Waals surface area contributed by atoms with Gasteiger partial charge in [0, 0.05) is 6.04 Å². The van der Waals surface area contributed by atoms with Crippen molar-refractivity contribution in [2.45, 2.75) is 62.9 Å². The van der Waals surface area contributed by atoms with Gasteiger partial charge in [0.05, 0.1) is 19.2 Å². The first-order chi connectivity index (χ1) is 9.69. The van der Waals surface area contributed by atoms with Crippen molar-refractivity contribution >= 4 is 5.91 Å². The van der Waals surface area contributed by atoms with Crippen LogP contribution in [0, 0.1) is 11.3 Å². The van der Waals surface area contributed by atoms with E-state index in [-0.39, 0.29) is 18.6 Å². The number of carbonyl (C=O) groups excluding carboxylic acids is 1. The van der Waals surface area contributed by atoms with Crippen molar-refractivity contribution < 1.29 is 9.90 Å². The number of amides is 1. The highest BCUT2D eigenvalue weighted by molar-refractivity contribution is 5.79. The molecule has 2 rings (SSSR count). The van der Waals surface area contributed by atoms with Crippen LogP contribution in [0.1, 0.15) is 51.4 Å². The molecule has 1 atom stereocenters. The quantitative estimate of drug-likeness (QED) is 0.758. The van der Waals surface area contributed by atoms with Gasteiger partial charge in [-0.1, -0.05) is 25.7 Å². The van der Waals surface area contributed by atoms with E-state index in [2.05, 4.69) is 11.4 Å². The fraction of sp³-hybridized carbons (Fsp3) is 0.867. The summed E-state index contributed by atoms with van der Waals surface area (Å²) in [5, 5.41) is 21.7. The second-order valence-corrected chi connectivity index (χ2v) is 6.11. The molecular weight excluding hydrogens is 254 g/mol. The molecule has 5 heteroatoms. The Labute approximate surface area is 120 Å². The molecule has 2 fully saturated rings. The van der Waals surface area contributed by atoms with Gasteiger partial charge in [-0.2, -0.15) is 5.26 Å². The second kappa shape index (κ2) is 7.05. The number of aliphatic hydroxyl groups is 1. The lowest BCUT2D eigenvalue weighted by Crippen LogP contribution is -2.51. The van der Waals surface area contributed by atoms with E-state index in [9.17, 15) is 15.2 Å². The first-order valence-corrected chi connectivity index (χ1v) is 7.76. The molecule has 0 aromatic heterocycles. The van der Waals surface area contributed by atoms with Crippen LogP contribution < -0.4 is 5.32 Å². The topological polar surface area (TPSA) is 76.4 Å². The van der Waals surface area contributed by atoms with E-state index in [4.69, 9.17) is 0 Å². The number of aliphatic hydroxyl groups excluding tert-OH is 1. The van der Waals surface area contributed by atoms with Crippen molar-refractivity contribution in [2.24, 2.45) is 0 Å². The summed E-state index contributed by atoms with van der Waals surface area (Å²) in [6, 6.07) is 2.44. The molecular formula is C15H25N3O2. The largest absolute Gasteiger partial charge is 0.395 e. The van der Waals surface area contributed by atoms with E-state index in [1.165, 1.54) is 0 Å². The Morgan fingerprint density at radius 3 is 2.60 bits per heavy atom. The fourth-order valence-electron chi connectivity index (χ4n) is 3.40. The molecule has 0 aromatic rings. The second-order valence-electron chi connectivity index (χ2n) is 6.11. The molecule has 1 aliphatic heterocycles. The third kappa shape index (κ3) is 3.71. The third-order valence-corrected chi connectivity index (χ3v) is 4.61. The SMILES string of the molecule is N#CC1(NC(=O)CN2CCCC2CO)CCCCCC1. The van der Waals surface area contributed by atoms with Gasteiger partial charge in [-0.15, -0.1) is 0 Å². The standard InChI is InChI=1S/C15H25N3O2/c16-12-15(7-3-1-2-4-8-15)17-14(20)10-18-9-5-6-13(18)11-19/h13,19H,1-11H2,(H,17,20). The van der Waals surface area contributed by atoms with E-state index < -0.39 is 5.54 Å². The maximum Gasteiger partial charge on any atom is 0.235 e. The molecule has 5 nitrogen and oxygen atoms in total. The lowest BCUT2D eigenvalue weighted by molar-refractivity contribution is -0.124. The molecule has 2 aliphatic rings. The number of rotatable bonds is 4. The number of nitriles is 1. The lowest BCUT2D eigenvalue weighted by atomic mass is 9.92. The molecule has 0 radical (unpaired) electrons. The van der Waals surface area contributed by atoms with Gasteiger partial charge in [-0.25, -0.2) is 0 Å². The van der Waals surface area contributed by atoms with Gasteiger partial charge in [0.2, 0.25) is 5.91 Å². The summed E-state index contributed by atoms with van der Waals surface area (Å²) in [4.78, 5) is 14.2. The van der Waals surface area contributed by atoms with E-state index in [0.717, 1.165) is 57.9 Å². The molecule has 2 N–H and O–H groups in total. The van der Waals surface area contributed by atoms with Crippen LogP contribution in [0.3, 0.4) is 0 Å². The van der Waals surface area contributed by atoms with Crippen molar-refractivity contribution in [1.82, 2.24) is 10.2 Å². The Morgan fingerprint density at radius 2 is 2.00 bits per heavy atom. The molecule has 1 aliphatic carbocycles. The van der Waals surface area contributed by atoms with Crippen LogP contribution in [0.5, 0.6) is 0 Å². The molecule has 1 unspecified atom stereocenters. The number of hydrogen-bond acceptors (Lipinski definition) is 4. The van der Waals surface area contributed by atoms with Crippen LogP contribution in [0.4, 0.5) is 0 Å². The minimum Gasteiger partial charge on any atom is -0.395 e.